The standard InChI is InChI=1S/C18H23F3N4O/c1-3-15-11-16(26-25-15)12-24-17(22-4-2)23-10-9-13-5-7-14(8-6-13)18(19,20)21/h5-8,11H,3-4,9-10,12H2,1-2H3,(H2,22,23,24). The minimum absolute atomic E-state index is 0.364. The third-order valence-electron chi connectivity index (χ3n) is 3.69. The Morgan fingerprint density at radius 2 is 1.88 bits per heavy atom. The maximum atomic E-state index is 12.6. The van der Waals surface area contributed by atoms with Gasteiger partial charge in [-0.25, -0.2) is 4.99 Å². The maximum Gasteiger partial charge on any atom is 0.416 e. The minimum atomic E-state index is -4.31. The van der Waals surface area contributed by atoms with Crippen molar-refractivity contribution in [3.63, 3.8) is 0 Å². The highest BCUT2D eigenvalue weighted by Crippen LogP contribution is 2.29. The summed E-state index contributed by atoms with van der Waals surface area (Å²) in [4.78, 5) is 4.42. The van der Waals surface area contributed by atoms with Crippen molar-refractivity contribution < 1.29 is 17.7 Å². The van der Waals surface area contributed by atoms with Crippen LogP contribution in [0.1, 0.15) is 36.4 Å². The third-order valence-corrected chi connectivity index (χ3v) is 3.69. The molecular weight excluding hydrogens is 345 g/mol. The van der Waals surface area contributed by atoms with Gasteiger partial charge in [0.2, 0.25) is 0 Å². The van der Waals surface area contributed by atoms with Crippen LogP contribution >= 0.6 is 0 Å². The van der Waals surface area contributed by atoms with E-state index in [9.17, 15) is 13.2 Å². The Morgan fingerprint density at radius 1 is 1.15 bits per heavy atom. The summed E-state index contributed by atoms with van der Waals surface area (Å²) in [5, 5.41) is 10.2. The molecule has 0 saturated carbocycles. The molecule has 0 atom stereocenters. The van der Waals surface area contributed by atoms with Crippen molar-refractivity contribution in [2.24, 2.45) is 4.99 Å². The summed E-state index contributed by atoms with van der Waals surface area (Å²) in [6, 6.07) is 7.06. The number of aromatic nitrogens is 1. The van der Waals surface area contributed by atoms with Gasteiger partial charge >= 0.3 is 6.18 Å². The van der Waals surface area contributed by atoms with E-state index in [1.165, 1.54) is 12.1 Å². The zero-order valence-electron chi connectivity index (χ0n) is 14.9. The van der Waals surface area contributed by atoms with E-state index in [-0.39, 0.29) is 0 Å². The topological polar surface area (TPSA) is 62.5 Å². The lowest BCUT2D eigenvalue weighted by Gasteiger charge is -2.11. The van der Waals surface area contributed by atoms with Crippen LogP contribution in [0.25, 0.3) is 0 Å². The third kappa shape index (κ3) is 6.09. The normalized spacial score (nSPS) is 12.3. The van der Waals surface area contributed by atoms with Gasteiger partial charge in [0.25, 0.3) is 0 Å². The van der Waals surface area contributed by atoms with Crippen molar-refractivity contribution in [3.05, 3.63) is 52.9 Å². The van der Waals surface area contributed by atoms with Gasteiger partial charge in [-0.05, 0) is 37.5 Å². The number of aryl methyl sites for hydroxylation is 1. The molecular formula is C18H23F3N4O. The molecule has 0 unspecified atom stereocenters. The van der Waals surface area contributed by atoms with Gasteiger partial charge in [0.05, 0.1) is 11.3 Å². The summed E-state index contributed by atoms with van der Waals surface area (Å²) in [5.41, 5.74) is 1.07. The SMILES string of the molecule is CCNC(=NCc1cc(CC)no1)NCCc1ccc(C(F)(F)F)cc1. The average molecular weight is 368 g/mol. The largest absolute Gasteiger partial charge is 0.416 e. The Labute approximate surface area is 150 Å². The van der Waals surface area contributed by atoms with Crippen LogP contribution in [0.15, 0.2) is 39.8 Å². The molecule has 0 fully saturated rings. The van der Waals surface area contributed by atoms with Crippen molar-refractivity contribution in [3.8, 4) is 0 Å². The van der Waals surface area contributed by atoms with Gasteiger partial charge in [0.15, 0.2) is 11.7 Å². The highest BCUT2D eigenvalue weighted by Gasteiger charge is 2.29. The molecule has 0 spiro atoms. The van der Waals surface area contributed by atoms with E-state index in [0.29, 0.717) is 37.8 Å². The van der Waals surface area contributed by atoms with E-state index >= 15 is 0 Å². The molecule has 2 N–H and O–H groups in total. The summed E-state index contributed by atoms with van der Waals surface area (Å²) in [5.74, 6) is 1.30. The zero-order chi connectivity index (χ0) is 19.0. The summed E-state index contributed by atoms with van der Waals surface area (Å²) >= 11 is 0. The molecule has 2 aromatic rings. The van der Waals surface area contributed by atoms with Gasteiger partial charge in [0, 0.05) is 19.2 Å². The molecule has 0 amide bonds. The molecule has 1 heterocycles. The number of nitrogens with zero attached hydrogens (tertiary/aromatic N) is 2. The summed E-state index contributed by atoms with van der Waals surface area (Å²) in [6.45, 7) is 5.56. The van der Waals surface area contributed by atoms with Crippen LogP contribution in [0.3, 0.4) is 0 Å². The molecule has 1 aromatic carbocycles. The number of benzene rings is 1. The lowest BCUT2D eigenvalue weighted by molar-refractivity contribution is -0.137. The highest BCUT2D eigenvalue weighted by molar-refractivity contribution is 5.79. The summed E-state index contributed by atoms with van der Waals surface area (Å²) in [6.07, 6.45) is -2.91. The Balaban J connectivity index is 1.86. The quantitative estimate of drug-likeness (QED) is 0.580. The van der Waals surface area contributed by atoms with Crippen LogP contribution in [0.5, 0.6) is 0 Å². The Bertz CT molecular complexity index is 708. The van der Waals surface area contributed by atoms with Crippen molar-refractivity contribution in [2.45, 2.75) is 39.4 Å². The van der Waals surface area contributed by atoms with Crippen molar-refractivity contribution in [1.82, 2.24) is 15.8 Å². The predicted octanol–water partition coefficient (Wildman–Crippen LogP) is 3.55. The molecule has 142 valence electrons. The molecule has 8 heteroatoms. The molecule has 0 bridgehead atoms. The number of alkyl halides is 3. The van der Waals surface area contributed by atoms with Gasteiger partial charge in [-0.3, -0.25) is 0 Å². The van der Waals surface area contributed by atoms with E-state index < -0.39 is 11.7 Å². The monoisotopic (exact) mass is 368 g/mol. The van der Waals surface area contributed by atoms with Crippen LogP contribution < -0.4 is 10.6 Å². The molecule has 1 aromatic heterocycles. The molecule has 2 rings (SSSR count). The van der Waals surface area contributed by atoms with Crippen LogP contribution in [0, 0.1) is 0 Å². The number of hydrogen-bond acceptors (Lipinski definition) is 3. The van der Waals surface area contributed by atoms with Crippen molar-refractivity contribution in [1.29, 1.82) is 0 Å². The fraction of sp³-hybridized carbons (Fsp3) is 0.444. The van der Waals surface area contributed by atoms with Gasteiger partial charge in [-0.15, -0.1) is 0 Å². The fourth-order valence-electron chi connectivity index (χ4n) is 2.28. The minimum Gasteiger partial charge on any atom is -0.359 e. The molecule has 0 aliphatic carbocycles. The van der Waals surface area contributed by atoms with Crippen LogP contribution in [0.2, 0.25) is 0 Å². The number of aliphatic imine (C=N–C) groups is 1. The highest BCUT2D eigenvalue weighted by atomic mass is 19.4. The first-order chi connectivity index (χ1) is 12.4. The molecule has 0 aliphatic heterocycles. The second-order valence-electron chi connectivity index (χ2n) is 5.70. The first-order valence-corrected chi connectivity index (χ1v) is 8.55. The molecule has 0 saturated heterocycles. The van der Waals surface area contributed by atoms with Crippen molar-refractivity contribution >= 4 is 5.96 Å². The average Bonchev–Trinajstić information content (AvgIpc) is 3.07. The summed E-state index contributed by atoms with van der Waals surface area (Å²) < 4.78 is 42.9. The van der Waals surface area contributed by atoms with Crippen LogP contribution in [-0.4, -0.2) is 24.2 Å². The molecule has 5 nitrogen and oxygen atoms in total. The zero-order valence-corrected chi connectivity index (χ0v) is 14.9. The molecule has 0 radical (unpaired) electrons. The predicted molar refractivity (Wildman–Crippen MR) is 93.8 cm³/mol. The number of guanidine groups is 1. The second-order valence-corrected chi connectivity index (χ2v) is 5.70. The van der Waals surface area contributed by atoms with Gasteiger partial charge in [0.1, 0.15) is 6.54 Å². The second kappa shape index (κ2) is 9.26. The maximum absolute atomic E-state index is 12.6. The fourth-order valence-corrected chi connectivity index (χ4v) is 2.28. The van der Waals surface area contributed by atoms with E-state index in [2.05, 4.69) is 20.8 Å². The van der Waals surface area contributed by atoms with Crippen LogP contribution in [-0.2, 0) is 25.6 Å². The van der Waals surface area contributed by atoms with E-state index in [1.807, 2.05) is 19.9 Å². The first-order valence-electron chi connectivity index (χ1n) is 8.55. The van der Waals surface area contributed by atoms with Gasteiger partial charge in [-0.2, -0.15) is 13.2 Å². The first kappa shape index (κ1) is 19.8. The Kier molecular flexibility index (Phi) is 7.06. The Morgan fingerprint density at radius 3 is 2.46 bits per heavy atom. The Hall–Kier alpha value is -2.51. The van der Waals surface area contributed by atoms with E-state index in [0.717, 1.165) is 29.8 Å². The lowest BCUT2D eigenvalue weighted by Crippen LogP contribution is -2.38. The molecule has 0 aliphatic rings. The van der Waals surface area contributed by atoms with Crippen LogP contribution in [0.4, 0.5) is 13.2 Å². The summed E-state index contributed by atoms with van der Waals surface area (Å²) in [7, 11) is 0. The number of halogens is 3. The van der Waals surface area contributed by atoms with Gasteiger partial charge in [-0.1, -0.05) is 24.2 Å². The number of hydrogen-bond donors (Lipinski definition) is 2. The lowest BCUT2D eigenvalue weighted by atomic mass is 10.1. The van der Waals surface area contributed by atoms with Gasteiger partial charge < -0.3 is 15.2 Å². The van der Waals surface area contributed by atoms with E-state index in [4.69, 9.17) is 4.52 Å². The van der Waals surface area contributed by atoms with Crippen molar-refractivity contribution in [2.75, 3.05) is 13.1 Å². The molecule has 26 heavy (non-hydrogen) atoms. The number of nitrogens with one attached hydrogen (secondary N) is 2. The number of rotatable bonds is 7. The smallest absolute Gasteiger partial charge is 0.359 e. The van der Waals surface area contributed by atoms with E-state index in [1.54, 1.807) is 0 Å².